The van der Waals surface area contributed by atoms with Crippen LogP contribution < -0.4 is 15.4 Å². The highest BCUT2D eigenvalue weighted by atomic mass is 32.2. The first-order valence-electron chi connectivity index (χ1n) is 11.9. The lowest BCUT2D eigenvalue weighted by molar-refractivity contribution is 0.0528. The number of thiophene rings is 1. The van der Waals surface area contributed by atoms with Crippen molar-refractivity contribution in [2.24, 2.45) is 0 Å². The number of para-hydroxylation sites is 1. The lowest BCUT2D eigenvalue weighted by atomic mass is 10.1. The molecule has 4 aromatic rings. The summed E-state index contributed by atoms with van der Waals surface area (Å²) in [5.41, 5.74) is 3.49. The van der Waals surface area contributed by atoms with Crippen molar-refractivity contribution in [2.75, 3.05) is 22.0 Å². The zero-order valence-corrected chi connectivity index (χ0v) is 23.3. The van der Waals surface area contributed by atoms with Crippen LogP contribution in [-0.2, 0) is 21.2 Å². The van der Waals surface area contributed by atoms with Crippen molar-refractivity contribution in [3.8, 4) is 0 Å². The first-order chi connectivity index (χ1) is 18.2. The maximum absolute atomic E-state index is 12.8. The number of hydrogen-bond acceptors (Lipinski definition) is 6. The van der Waals surface area contributed by atoms with Gasteiger partial charge in [-0.25, -0.2) is 13.2 Å². The second kappa shape index (κ2) is 12.2. The van der Waals surface area contributed by atoms with Crippen molar-refractivity contribution < 1.29 is 17.9 Å². The van der Waals surface area contributed by atoms with E-state index >= 15 is 0 Å². The lowest BCUT2D eigenvalue weighted by Crippen LogP contribution is -2.20. The second-order valence-corrected chi connectivity index (χ2v) is 11.6. The maximum atomic E-state index is 12.8. The van der Waals surface area contributed by atoms with Crippen LogP contribution in [0.1, 0.15) is 33.3 Å². The van der Waals surface area contributed by atoms with Crippen LogP contribution in [0, 0.1) is 6.92 Å². The number of ether oxygens (including phenoxy) is 1. The molecular weight excluding hydrogens is 539 g/mol. The number of carbonyl (C=O) groups excluding carboxylic acids is 1. The van der Waals surface area contributed by atoms with Crippen molar-refractivity contribution in [3.05, 3.63) is 106 Å². The van der Waals surface area contributed by atoms with E-state index < -0.39 is 16.0 Å². The molecule has 0 fully saturated rings. The van der Waals surface area contributed by atoms with Crippen LogP contribution in [0.2, 0.25) is 0 Å². The minimum Gasteiger partial charge on any atom is -0.462 e. The first-order valence-corrected chi connectivity index (χ1v) is 14.6. The number of sulfonamides is 1. The van der Waals surface area contributed by atoms with Crippen molar-refractivity contribution in [1.29, 1.82) is 0 Å². The van der Waals surface area contributed by atoms with E-state index in [0.29, 0.717) is 28.4 Å². The summed E-state index contributed by atoms with van der Waals surface area (Å²) in [6, 6.07) is 25.2. The van der Waals surface area contributed by atoms with Crippen LogP contribution in [0.3, 0.4) is 0 Å². The summed E-state index contributed by atoms with van der Waals surface area (Å²) in [4.78, 5) is 13.7. The highest BCUT2D eigenvalue weighted by Crippen LogP contribution is 2.31. The molecule has 0 radical (unpaired) electrons. The minimum atomic E-state index is -3.75. The zero-order valence-electron chi connectivity index (χ0n) is 20.9. The Hall–Kier alpha value is -3.73. The maximum Gasteiger partial charge on any atom is 0.341 e. The van der Waals surface area contributed by atoms with Crippen molar-refractivity contribution in [2.45, 2.75) is 25.2 Å². The predicted octanol–water partition coefficient (Wildman–Crippen LogP) is 6.43. The summed E-state index contributed by atoms with van der Waals surface area (Å²) in [5.74, 6) is -0.427. The molecule has 0 spiro atoms. The Labute approximate surface area is 231 Å². The van der Waals surface area contributed by atoms with Crippen LogP contribution in [0.5, 0.6) is 0 Å². The van der Waals surface area contributed by atoms with E-state index in [1.807, 2.05) is 55.5 Å². The number of aryl methyl sites for hydroxylation is 1. The number of thiocarbonyl (C=S) groups is 1. The SMILES string of the molecule is CCOC(=O)c1cc(Cc2ccccc2)sc1NC(=S)Nc1ccc(S(=O)(=O)Nc2ccccc2C)cc1. The standard InChI is InChI=1S/C28H27N3O4S3/c1-3-35-27(32)24-18-22(17-20-10-5-4-6-11-20)37-26(24)30-28(36)29-21-13-15-23(16-14-21)38(33,34)31-25-12-8-7-9-19(25)2/h4-16,18,31H,3,17H2,1-2H3,(H2,29,30,36). The monoisotopic (exact) mass is 565 g/mol. The van der Waals surface area contributed by atoms with Gasteiger partial charge in [-0.3, -0.25) is 4.72 Å². The molecular formula is C28H27N3O4S3. The van der Waals surface area contributed by atoms with Gasteiger partial charge in [0.25, 0.3) is 10.0 Å². The molecule has 196 valence electrons. The molecule has 0 aliphatic rings. The molecule has 3 aromatic carbocycles. The van der Waals surface area contributed by atoms with E-state index in [2.05, 4.69) is 15.4 Å². The summed E-state index contributed by atoms with van der Waals surface area (Å²) in [6.45, 7) is 3.86. The summed E-state index contributed by atoms with van der Waals surface area (Å²) in [5, 5.41) is 6.98. The molecule has 0 bridgehead atoms. The minimum absolute atomic E-state index is 0.124. The average molecular weight is 566 g/mol. The summed E-state index contributed by atoms with van der Waals surface area (Å²) >= 11 is 6.91. The normalized spacial score (nSPS) is 11.0. The van der Waals surface area contributed by atoms with E-state index in [-0.39, 0.29) is 16.6 Å². The Morgan fingerprint density at radius 2 is 1.63 bits per heavy atom. The third-order valence-electron chi connectivity index (χ3n) is 5.54. The number of nitrogens with one attached hydrogen (secondary N) is 3. The summed E-state index contributed by atoms with van der Waals surface area (Å²) < 4.78 is 33.5. The van der Waals surface area contributed by atoms with Crippen LogP contribution in [0.4, 0.5) is 16.4 Å². The molecule has 0 saturated heterocycles. The van der Waals surface area contributed by atoms with Crippen LogP contribution in [-0.4, -0.2) is 26.1 Å². The topological polar surface area (TPSA) is 96.5 Å². The molecule has 10 heteroatoms. The molecule has 0 aliphatic carbocycles. The van der Waals surface area contributed by atoms with Gasteiger partial charge in [-0.15, -0.1) is 11.3 Å². The van der Waals surface area contributed by atoms with Gasteiger partial charge >= 0.3 is 5.97 Å². The van der Waals surface area contributed by atoms with Gasteiger partial charge in [0.2, 0.25) is 0 Å². The van der Waals surface area contributed by atoms with Gasteiger partial charge in [0.05, 0.1) is 22.8 Å². The second-order valence-electron chi connectivity index (χ2n) is 8.36. The summed E-state index contributed by atoms with van der Waals surface area (Å²) in [7, 11) is -3.75. The number of hydrogen-bond donors (Lipinski definition) is 3. The fourth-order valence-electron chi connectivity index (χ4n) is 3.65. The molecule has 1 heterocycles. The first kappa shape index (κ1) is 27.3. The molecule has 0 aliphatic heterocycles. The average Bonchev–Trinajstić information content (AvgIpc) is 3.28. The smallest absolute Gasteiger partial charge is 0.341 e. The van der Waals surface area contributed by atoms with E-state index in [1.165, 1.54) is 23.5 Å². The lowest BCUT2D eigenvalue weighted by Gasteiger charge is -2.12. The number of rotatable bonds is 9. The fraction of sp³-hybridized carbons (Fsp3) is 0.143. The number of esters is 1. The fourth-order valence-corrected chi connectivity index (χ4v) is 6.15. The van der Waals surface area contributed by atoms with E-state index in [1.54, 1.807) is 31.2 Å². The van der Waals surface area contributed by atoms with Gasteiger partial charge in [0, 0.05) is 17.0 Å². The van der Waals surface area contributed by atoms with Crippen LogP contribution >= 0.6 is 23.6 Å². The van der Waals surface area contributed by atoms with Crippen molar-refractivity contribution >= 4 is 61.0 Å². The largest absolute Gasteiger partial charge is 0.462 e. The van der Waals surface area contributed by atoms with Gasteiger partial charge in [-0.05, 0) is 73.6 Å². The zero-order chi connectivity index (χ0) is 27.1. The Morgan fingerprint density at radius 1 is 0.947 bits per heavy atom. The molecule has 1 aromatic heterocycles. The summed E-state index contributed by atoms with van der Waals surface area (Å²) in [6.07, 6.45) is 0.673. The number of benzene rings is 3. The molecule has 4 rings (SSSR count). The van der Waals surface area contributed by atoms with Gasteiger partial charge in [-0.1, -0.05) is 48.5 Å². The number of anilines is 3. The van der Waals surface area contributed by atoms with E-state index in [4.69, 9.17) is 17.0 Å². The third kappa shape index (κ3) is 6.97. The Balaban J connectivity index is 1.45. The van der Waals surface area contributed by atoms with E-state index in [0.717, 1.165) is 16.0 Å². The van der Waals surface area contributed by atoms with Gasteiger partial charge in [0.15, 0.2) is 5.11 Å². The van der Waals surface area contributed by atoms with Crippen LogP contribution in [0.15, 0.2) is 89.8 Å². The van der Waals surface area contributed by atoms with Crippen molar-refractivity contribution in [3.63, 3.8) is 0 Å². The van der Waals surface area contributed by atoms with Crippen LogP contribution in [0.25, 0.3) is 0 Å². The molecule has 3 N–H and O–H groups in total. The van der Waals surface area contributed by atoms with Gasteiger partial charge < -0.3 is 15.4 Å². The molecule has 0 atom stereocenters. The Kier molecular flexibility index (Phi) is 8.77. The molecule has 0 amide bonds. The molecule has 0 unspecified atom stereocenters. The molecule has 0 saturated carbocycles. The van der Waals surface area contributed by atoms with Gasteiger partial charge in [-0.2, -0.15) is 0 Å². The molecule has 7 nitrogen and oxygen atoms in total. The Bertz CT molecular complexity index is 1530. The van der Waals surface area contributed by atoms with E-state index in [9.17, 15) is 13.2 Å². The molecule has 38 heavy (non-hydrogen) atoms. The predicted molar refractivity (Wildman–Crippen MR) is 158 cm³/mol. The highest BCUT2D eigenvalue weighted by Gasteiger charge is 2.19. The number of carbonyl (C=O) groups is 1. The van der Waals surface area contributed by atoms with Gasteiger partial charge in [0.1, 0.15) is 5.00 Å². The highest BCUT2D eigenvalue weighted by molar-refractivity contribution is 7.92. The quantitative estimate of drug-likeness (QED) is 0.159. The Morgan fingerprint density at radius 3 is 2.32 bits per heavy atom. The third-order valence-corrected chi connectivity index (χ3v) is 8.17. The van der Waals surface area contributed by atoms with Crippen molar-refractivity contribution in [1.82, 2.24) is 0 Å².